The molecule has 0 aromatic rings. The predicted octanol–water partition coefficient (Wildman–Crippen LogP) is -2.68. The number of nitrogens with two attached hydrogens (primary N) is 2. The Bertz CT molecular complexity index is 238. The number of hydrogen-bond donors (Lipinski definition) is 4. The number of aliphatic hydroxyl groups excluding tert-OH is 1. The summed E-state index contributed by atoms with van der Waals surface area (Å²) < 4.78 is 0. The van der Waals surface area contributed by atoms with Crippen molar-refractivity contribution in [1.29, 1.82) is 0 Å². The van der Waals surface area contributed by atoms with Gasteiger partial charge in [0.2, 0.25) is 0 Å². The molecule has 0 aliphatic rings. The van der Waals surface area contributed by atoms with Crippen molar-refractivity contribution in [2.75, 3.05) is 13.2 Å². The number of carbonyl (C=O) groups is 2. The normalized spacial score (nSPS) is 13.8. The number of carboxylic acids is 1. The molecule has 0 fully saturated rings. The van der Waals surface area contributed by atoms with E-state index in [4.69, 9.17) is 21.7 Å². The van der Waals surface area contributed by atoms with E-state index in [9.17, 15) is 9.59 Å². The van der Waals surface area contributed by atoms with Crippen LogP contribution in [0.4, 0.5) is 0 Å². The van der Waals surface area contributed by atoms with E-state index in [1.807, 2.05) is 0 Å². The van der Waals surface area contributed by atoms with E-state index >= 15 is 0 Å². The van der Waals surface area contributed by atoms with Crippen molar-refractivity contribution in [3.8, 4) is 0 Å². The van der Waals surface area contributed by atoms with Crippen molar-refractivity contribution in [1.82, 2.24) is 0 Å². The third kappa shape index (κ3) is 3.63. The lowest BCUT2D eigenvalue weighted by atomic mass is 10.2. The quantitative estimate of drug-likeness (QED) is 0.211. The second-order valence-corrected chi connectivity index (χ2v) is 2.19. The molecule has 1 atom stereocenters. The molecule has 1 unspecified atom stereocenters. The third-order valence-corrected chi connectivity index (χ3v) is 1.22. The minimum atomic E-state index is -1.66. The summed E-state index contributed by atoms with van der Waals surface area (Å²) >= 11 is 0. The zero-order chi connectivity index (χ0) is 10.4. The van der Waals surface area contributed by atoms with Crippen LogP contribution < -0.4 is 11.5 Å². The number of aliphatic imine (C=N–C) groups is 1. The van der Waals surface area contributed by atoms with Gasteiger partial charge >= 0.3 is 5.97 Å². The zero-order valence-corrected chi connectivity index (χ0v) is 6.80. The minimum absolute atomic E-state index is 0.0753. The first kappa shape index (κ1) is 11.5. The Morgan fingerprint density at radius 3 is 2.31 bits per heavy atom. The summed E-state index contributed by atoms with van der Waals surface area (Å²) in [6.07, 6.45) is 0. The number of rotatable bonds is 5. The maximum absolute atomic E-state index is 10.8. The van der Waals surface area contributed by atoms with Crippen LogP contribution in [0, 0.1) is 0 Å². The fraction of sp³-hybridized carbons (Fsp3) is 0.500. The van der Waals surface area contributed by atoms with Crippen LogP contribution in [0.1, 0.15) is 0 Å². The van der Waals surface area contributed by atoms with Gasteiger partial charge in [0.05, 0.1) is 13.2 Å². The Morgan fingerprint density at radius 1 is 1.46 bits per heavy atom. The van der Waals surface area contributed by atoms with Gasteiger partial charge in [0, 0.05) is 0 Å². The minimum Gasteiger partial charge on any atom is -0.475 e. The average Bonchev–Trinajstić information content (AvgIpc) is 2.12. The molecule has 0 aromatic heterocycles. The van der Waals surface area contributed by atoms with Gasteiger partial charge in [-0.1, -0.05) is 0 Å². The molecule has 7 heteroatoms. The predicted molar refractivity (Wildman–Crippen MR) is 44.2 cm³/mol. The second-order valence-electron chi connectivity index (χ2n) is 2.19. The lowest BCUT2D eigenvalue weighted by Gasteiger charge is -2.05. The maximum Gasteiger partial charge on any atom is 0.374 e. The van der Waals surface area contributed by atoms with Crippen molar-refractivity contribution in [2.24, 2.45) is 16.5 Å². The molecule has 74 valence electrons. The first-order chi connectivity index (χ1) is 6.02. The van der Waals surface area contributed by atoms with Crippen molar-refractivity contribution in [3.05, 3.63) is 0 Å². The molecular weight excluding hydrogens is 178 g/mol. The monoisotopic (exact) mass is 189 g/mol. The lowest BCUT2D eigenvalue weighted by Crippen LogP contribution is -2.34. The van der Waals surface area contributed by atoms with Crippen molar-refractivity contribution in [3.63, 3.8) is 0 Å². The number of amidine groups is 1. The smallest absolute Gasteiger partial charge is 0.374 e. The Labute approximate surface area is 74.1 Å². The van der Waals surface area contributed by atoms with E-state index in [1.54, 1.807) is 0 Å². The summed E-state index contributed by atoms with van der Waals surface area (Å²) in [6, 6.07) is -1.36. The van der Waals surface area contributed by atoms with E-state index in [0.717, 1.165) is 0 Å². The average molecular weight is 189 g/mol. The van der Waals surface area contributed by atoms with Crippen LogP contribution >= 0.6 is 0 Å². The third-order valence-electron chi connectivity index (χ3n) is 1.22. The van der Waals surface area contributed by atoms with Crippen LogP contribution in [0.3, 0.4) is 0 Å². The fourth-order valence-corrected chi connectivity index (χ4v) is 0.578. The van der Waals surface area contributed by atoms with Crippen molar-refractivity contribution >= 4 is 17.6 Å². The number of nitrogens with zero attached hydrogens (tertiary/aromatic N) is 1. The van der Waals surface area contributed by atoms with Gasteiger partial charge in [-0.05, 0) is 0 Å². The molecule has 7 nitrogen and oxygen atoms in total. The molecule has 0 aliphatic heterocycles. The topological polar surface area (TPSA) is 139 Å². The highest BCUT2D eigenvalue weighted by Crippen LogP contribution is 1.92. The Morgan fingerprint density at radius 2 is 2.00 bits per heavy atom. The molecule has 13 heavy (non-hydrogen) atoms. The molecule has 0 rings (SSSR count). The van der Waals surface area contributed by atoms with Crippen molar-refractivity contribution < 1.29 is 19.8 Å². The van der Waals surface area contributed by atoms with Crippen LogP contribution in [0.15, 0.2) is 4.99 Å². The first-order valence-electron chi connectivity index (χ1n) is 3.43. The van der Waals surface area contributed by atoms with Gasteiger partial charge in [-0.2, -0.15) is 0 Å². The summed E-state index contributed by atoms with van der Waals surface area (Å²) in [6.45, 7) is -0.796. The number of aliphatic carboxylic acids is 1. The molecule has 0 saturated heterocycles. The van der Waals surface area contributed by atoms with Crippen molar-refractivity contribution in [2.45, 2.75) is 6.04 Å². The highest BCUT2D eigenvalue weighted by atomic mass is 16.4. The molecule has 0 bridgehead atoms. The molecule has 0 amide bonds. The van der Waals surface area contributed by atoms with E-state index in [0.29, 0.717) is 0 Å². The number of hydrogen-bond acceptors (Lipinski definition) is 5. The van der Waals surface area contributed by atoms with Gasteiger partial charge in [0.25, 0.3) is 5.78 Å². The molecule has 0 saturated carbocycles. The van der Waals surface area contributed by atoms with Crippen LogP contribution in [0.5, 0.6) is 0 Å². The van der Waals surface area contributed by atoms with Gasteiger partial charge < -0.3 is 21.7 Å². The summed E-state index contributed by atoms with van der Waals surface area (Å²) in [4.78, 5) is 24.4. The highest BCUT2D eigenvalue weighted by molar-refractivity contribution is 6.35. The van der Waals surface area contributed by atoms with Gasteiger partial charge in [-0.25, -0.2) is 4.79 Å². The lowest BCUT2D eigenvalue weighted by molar-refractivity contribution is -0.150. The number of Topliss-reactive ketones (excluding diaryl/α,β-unsaturated/α-hetero) is 1. The van der Waals surface area contributed by atoms with Crippen LogP contribution in [-0.4, -0.2) is 47.0 Å². The van der Waals surface area contributed by atoms with E-state index in [1.165, 1.54) is 0 Å². The zero-order valence-electron chi connectivity index (χ0n) is 6.80. The second kappa shape index (κ2) is 5.22. The summed E-state index contributed by atoms with van der Waals surface area (Å²) in [7, 11) is 0. The van der Waals surface area contributed by atoms with E-state index < -0.39 is 24.4 Å². The number of carbonyl (C=O) groups excluding carboxylic acids is 1. The fourth-order valence-electron chi connectivity index (χ4n) is 0.578. The Balaban J connectivity index is 4.52. The molecule has 0 aromatic carbocycles. The molecule has 0 aliphatic carbocycles. The van der Waals surface area contributed by atoms with E-state index in [-0.39, 0.29) is 12.4 Å². The Kier molecular flexibility index (Phi) is 4.63. The molecule has 0 spiro atoms. The summed E-state index contributed by atoms with van der Waals surface area (Å²) in [5.41, 5.74) is 10.2. The molecule has 6 N–H and O–H groups in total. The van der Waals surface area contributed by atoms with Gasteiger partial charge in [-0.3, -0.25) is 9.79 Å². The largest absolute Gasteiger partial charge is 0.475 e. The maximum atomic E-state index is 10.8. The first-order valence-corrected chi connectivity index (χ1v) is 3.43. The van der Waals surface area contributed by atoms with Crippen LogP contribution in [0.2, 0.25) is 0 Å². The SMILES string of the molecule is NCC(N)=NC(CO)C(=O)C(=O)O. The number of aliphatic hydroxyl groups is 1. The van der Waals surface area contributed by atoms with Gasteiger partial charge in [0.1, 0.15) is 11.9 Å². The number of carboxylic acid groups (broad SMARTS) is 1. The Hall–Kier alpha value is -1.47. The highest BCUT2D eigenvalue weighted by Gasteiger charge is 2.23. The van der Waals surface area contributed by atoms with Crippen LogP contribution in [-0.2, 0) is 9.59 Å². The molecule has 0 heterocycles. The van der Waals surface area contributed by atoms with Gasteiger partial charge in [0.15, 0.2) is 0 Å². The van der Waals surface area contributed by atoms with Gasteiger partial charge in [-0.15, -0.1) is 0 Å². The molecular formula is C6H11N3O4. The van der Waals surface area contributed by atoms with Crippen LogP contribution in [0.25, 0.3) is 0 Å². The van der Waals surface area contributed by atoms with E-state index in [2.05, 4.69) is 4.99 Å². The summed E-state index contributed by atoms with van der Waals surface area (Å²) in [5, 5.41) is 16.9. The summed E-state index contributed by atoms with van der Waals surface area (Å²) in [5.74, 6) is -2.94. The number of ketones is 1. The molecule has 0 radical (unpaired) electrons. The standard InChI is InChI=1S/C6H11N3O4/c7-1-4(8)9-3(2-10)5(11)6(12)13/h3,10H,1-2,7H2,(H2,8,9)(H,12,13).